The van der Waals surface area contributed by atoms with Crippen molar-refractivity contribution in [1.82, 2.24) is 10.3 Å². The van der Waals surface area contributed by atoms with Crippen LogP contribution in [0.15, 0.2) is 18.5 Å². The second kappa shape index (κ2) is 4.23. The monoisotopic (exact) mass is 201 g/mol. The maximum Gasteiger partial charge on any atom is 0.170 e. The molecule has 0 aliphatic heterocycles. The van der Waals surface area contributed by atoms with Gasteiger partial charge in [-0.2, -0.15) is 0 Å². The summed E-state index contributed by atoms with van der Waals surface area (Å²) < 4.78 is 0. The van der Waals surface area contributed by atoms with Crippen LogP contribution in [0.5, 0.6) is 0 Å². The van der Waals surface area contributed by atoms with Crippen LogP contribution in [0.4, 0.5) is 5.69 Å². The minimum Gasteiger partial charge on any atom is -0.366 e. The number of nitrogens with one attached hydrogen (secondary N) is 2. The number of anilines is 1. The average Bonchev–Trinajstić information content (AvgIpc) is 2.09. The Morgan fingerprint density at radius 2 is 2.42 bits per heavy atom. The molecular formula is C7H8ClN3S. The van der Waals surface area contributed by atoms with E-state index < -0.39 is 0 Å². The van der Waals surface area contributed by atoms with Crippen LogP contribution < -0.4 is 10.6 Å². The van der Waals surface area contributed by atoms with Crippen molar-refractivity contribution < 1.29 is 0 Å². The highest BCUT2D eigenvalue weighted by Gasteiger charge is 1.99. The number of pyridine rings is 1. The lowest BCUT2D eigenvalue weighted by molar-refractivity contribution is 1.19. The van der Waals surface area contributed by atoms with Gasteiger partial charge in [-0.15, -0.1) is 0 Å². The Morgan fingerprint density at radius 1 is 1.67 bits per heavy atom. The van der Waals surface area contributed by atoms with Gasteiger partial charge in [-0.25, -0.2) is 0 Å². The number of hydrogen-bond acceptors (Lipinski definition) is 2. The normalized spacial score (nSPS) is 9.17. The minimum atomic E-state index is 0.531. The lowest BCUT2D eigenvalue weighted by atomic mass is 10.4. The third-order valence-corrected chi connectivity index (χ3v) is 1.86. The Labute approximate surface area is 81.1 Å². The highest BCUT2D eigenvalue weighted by molar-refractivity contribution is 7.80. The van der Waals surface area contributed by atoms with Gasteiger partial charge in [-0.05, 0) is 18.3 Å². The summed E-state index contributed by atoms with van der Waals surface area (Å²) in [7, 11) is 1.74. The summed E-state index contributed by atoms with van der Waals surface area (Å²) in [6.07, 6.45) is 3.20. The van der Waals surface area contributed by atoms with Gasteiger partial charge in [0.25, 0.3) is 0 Å². The molecule has 2 N–H and O–H groups in total. The van der Waals surface area contributed by atoms with Crippen LogP contribution >= 0.6 is 23.8 Å². The number of halogens is 1. The predicted octanol–water partition coefficient (Wildman–Crippen LogP) is 1.65. The van der Waals surface area contributed by atoms with E-state index in [-0.39, 0.29) is 0 Å². The summed E-state index contributed by atoms with van der Waals surface area (Å²) in [6.45, 7) is 0. The van der Waals surface area contributed by atoms with Crippen molar-refractivity contribution in [3.05, 3.63) is 23.5 Å². The third kappa shape index (κ3) is 2.32. The van der Waals surface area contributed by atoms with Crippen LogP contribution in [-0.4, -0.2) is 17.1 Å². The van der Waals surface area contributed by atoms with Crippen LogP contribution in [0.3, 0.4) is 0 Å². The largest absolute Gasteiger partial charge is 0.366 e. The van der Waals surface area contributed by atoms with Gasteiger partial charge in [-0.1, -0.05) is 11.6 Å². The van der Waals surface area contributed by atoms with Crippen LogP contribution in [0.2, 0.25) is 5.02 Å². The molecule has 0 bridgehead atoms. The number of rotatable bonds is 1. The van der Waals surface area contributed by atoms with E-state index in [0.29, 0.717) is 10.1 Å². The first-order valence-electron chi connectivity index (χ1n) is 3.32. The summed E-state index contributed by atoms with van der Waals surface area (Å²) in [5, 5.41) is 6.77. The first kappa shape index (κ1) is 9.22. The lowest BCUT2D eigenvalue weighted by Gasteiger charge is -2.07. The summed E-state index contributed by atoms with van der Waals surface area (Å²) in [5.74, 6) is 0. The molecule has 0 saturated carbocycles. The number of nitrogens with zero attached hydrogens (tertiary/aromatic N) is 1. The van der Waals surface area contributed by atoms with Gasteiger partial charge in [0.05, 0.1) is 10.7 Å². The van der Waals surface area contributed by atoms with E-state index in [1.807, 2.05) is 0 Å². The molecule has 5 heteroatoms. The fourth-order valence-corrected chi connectivity index (χ4v) is 0.938. The van der Waals surface area contributed by atoms with Crippen molar-refractivity contribution in [2.24, 2.45) is 0 Å². The molecule has 0 aromatic carbocycles. The molecule has 0 atom stereocenters. The van der Waals surface area contributed by atoms with Gasteiger partial charge in [0.2, 0.25) is 0 Å². The fourth-order valence-electron chi connectivity index (χ4n) is 0.661. The minimum absolute atomic E-state index is 0.531. The van der Waals surface area contributed by atoms with Gasteiger partial charge < -0.3 is 10.6 Å². The smallest absolute Gasteiger partial charge is 0.170 e. The highest BCUT2D eigenvalue weighted by atomic mass is 35.5. The van der Waals surface area contributed by atoms with Gasteiger partial charge in [0.15, 0.2) is 5.11 Å². The molecule has 1 aromatic heterocycles. The van der Waals surface area contributed by atoms with E-state index in [1.165, 1.54) is 0 Å². The first-order valence-corrected chi connectivity index (χ1v) is 4.11. The molecule has 0 fully saturated rings. The predicted molar refractivity (Wildman–Crippen MR) is 54.5 cm³/mol. The maximum absolute atomic E-state index is 5.81. The van der Waals surface area contributed by atoms with E-state index in [9.17, 15) is 0 Å². The third-order valence-electron chi connectivity index (χ3n) is 1.25. The van der Waals surface area contributed by atoms with Crippen LogP contribution in [0.25, 0.3) is 0 Å². The number of thiocarbonyl (C=S) groups is 1. The molecule has 0 saturated heterocycles. The first-order chi connectivity index (χ1) is 5.74. The quantitative estimate of drug-likeness (QED) is 0.678. The van der Waals surface area contributed by atoms with Crippen LogP contribution in [-0.2, 0) is 0 Å². The SMILES string of the molecule is CNC(=S)Nc1ccncc1Cl. The van der Waals surface area contributed by atoms with E-state index in [0.717, 1.165) is 5.69 Å². The molecule has 0 radical (unpaired) electrons. The van der Waals surface area contributed by atoms with Gasteiger partial charge in [-0.3, -0.25) is 4.98 Å². The van der Waals surface area contributed by atoms with Gasteiger partial charge in [0.1, 0.15) is 0 Å². The van der Waals surface area contributed by atoms with Crippen molar-refractivity contribution in [1.29, 1.82) is 0 Å². The van der Waals surface area contributed by atoms with Crippen molar-refractivity contribution >= 4 is 34.6 Å². The van der Waals surface area contributed by atoms with E-state index in [1.54, 1.807) is 25.5 Å². The molecule has 1 aromatic rings. The Morgan fingerprint density at radius 3 is 3.00 bits per heavy atom. The number of aromatic nitrogens is 1. The second-order valence-electron chi connectivity index (χ2n) is 2.06. The molecule has 0 aliphatic carbocycles. The Hall–Kier alpha value is -0.870. The topological polar surface area (TPSA) is 37.0 Å². The summed E-state index contributed by atoms with van der Waals surface area (Å²) in [6, 6.07) is 1.76. The van der Waals surface area contributed by atoms with Gasteiger partial charge >= 0.3 is 0 Å². The summed E-state index contributed by atoms with van der Waals surface area (Å²) in [5.41, 5.74) is 0.756. The second-order valence-corrected chi connectivity index (χ2v) is 2.88. The van der Waals surface area contributed by atoms with Crippen LogP contribution in [0, 0.1) is 0 Å². The molecule has 1 rings (SSSR count). The van der Waals surface area contributed by atoms with E-state index >= 15 is 0 Å². The highest BCUT2D eigenvalue weighted by Crippen LogP contribution is 2.18. The molecule has 0 aliphatic rings. The molecule has 12 heavy (non-hydrogen) atoms. The molecule has 0 unspecified atom stereocenters. The zero-order chi connectivity index (χ0) is 8.97. The lowest BCUT2D eigenvalue weighted by Crippen LogP contribution is -2.24. The molecule has 0 amide bonds. The summed E-state index contributed by atoms with van der Waals surface area (Å²) in [4.78, 5) is 3.84. The molecular weight excluding hydrogens is 194 g/mol. The van der Waals surface area contributed by atoms with E-state index in [4.69, 9.17) is 23.8 Å². The zero-order valence-corrected chi connectivity index (χ0v) is 8.04. The average molecular weight is 202 g/mol. The van der Waals surface area contributed by atoms with E-state index in [2.05, 4.69) is 15.6 Å². The van der Waals surface area contributed by atoms with Gasteiger partial charge in [0, 0.05) is 19.4 Å². The Kier molecular flexibility index (Phi) is 3.25. The molecule has 64 valence electrons. The number of hydrogen-bond donors (Lipinski definition) is 2. The standard InChI is InChI=1S/C7H8ClN3S/c1-9-7(12)11-6-2-3-10-4-5(6)8/h2-4H,1H3,(H2,9,10,11,12). The van der Waals surface area contributed by atoms with Crippen molar-refractivity contribution in [2.45, 2.75) is 0 Å². The summed E-state index contributed by atoms with van der Waals surface area (Å²) >= 11 is 10.7. The zero-order valence-electron chi connectivity index (χ0n) is 6.47. The Bertz CT molecular complexity index is 290. The molecule has 3 nitrogen and oxygen atoms in total. The van der Waals surface area contributed by atoms with Crippen molar-refractivity contribution in [2.75, 3.05) is 12.4 Å². The maximum atomic E-state index is 5.81. The fraction of sp³-hybridized carbons (Fsp3) is 0.143. The van der Waals surface area contributed by atoms with Crippen molar-refractivity contribution in [3.63, 3.8) is 0 Å². The molecule has 1 heterocycles. The molecule has 0 spiro atoms. The Balaban J connectivity index is 2.75. The van der Waals surface area contributed by atoms with Crippen LogP contribution in [0.1, 0.15) is 0 Å². The van der Waals surface area contributed by atoms with Crippen molar-refractivity contribution in [3.8, 4) is 0 Å².